The fourth-order valence-electron chi connectivity index (χ4n) is 5.15. The summed E-state index contributed by atoms with van der Waals surface area (Å²) in [6, 6.07) is 20.3. The minimum Gasteiger partial charge on any atom is -0.507 e. The zero-order chi connectivity index (χ0) is 34.2. The molecule has 48 heavy (non-hydrogen) atoms. The molecule has 1 aliphatic heterocycles. The van der Waals surface area contributed by atoms with Crippen LogP contribution in [-0.2, 0) is 20.9 Å². The number of carbonyl (C=O) groups excluding carboxylic acids is 3. The molecule has 1 saturated heterocycles. The van der Waals surface area contributed by atoms with Gasteiger partial charge in [-0.2, -0.15) is 0 Å². The molecule has 0 bridgehead atoms. The number of rotatable bonds is 14. The number of unbranched alkanes of at least 4 members (excludes halogenated alkanes) is 1. The van der Waals surface area contributed by atoms with Gasteiger partial charge in [0, 0.05) is 5.56 Å². The Hall–Kier alpha value is -5.42. The van der Waals surface area contributed by atoms with E-state index in [4.69, 9.17) is 18.9 Å². The first-order chi connectivity index (χ1) is 23.3. The molecule has 1 atom stereocenters. The Bertz CT molecular complexity index is 1850. The summed E-state index contributed by atoms with van der Waals surface area (Å²) in [7, 11) is 1.49. The number of ketones is 1. The van der Waals surface area contributed by atoms with Crippen LogP contribution in [0.1, 0.15) is 57.9 Å². The lowest BCUT2D eigenvalue weighted by atomic mass is 9.95. The number of hydrogen-bond donors (Lipinski definition) is 1. The van der Waals surface area contributed by atoms with Gasteiger partial charge in [-0.3, -0.25) is 14.5 Å². The fourth-order valence-corrected chi connectivity index (χ4v) is 6.14. The van der Waals surface area contributed by atoms with E-state index in [1.165, 1.54) is 18.1 Å². The number of aliphatic hydroxyl groups is 1. The van der Waals surface area contributed by atoms with Crippen LogP contribution >= 0.6 is 11.3 Å². The molecule has 0 saturated carbocycles. The molecule has 1 amide bonds. The highest BCUT2D eigenvalue weighted by Crippen LogP contribution is 2.46. The lowest BCUT2D eigenvalue weighted by molar-refractivity contribution is -0.132. The van der Waals surface area contributed by atoms with Gasteiger partial charge in [0.05, 0.1) is 31.0 Å². The largest absolute Gasteiger partial charge is 0.507 e. The molecule has 4 aromatic rings. The molecule has 1 N–H and O–H groups in total. The zero-order valence-corrected chi connectivity index (χ0v) is 27.7. The predicted octanol–water partition coefficient (Wildman–Crippen LogP) is 7.19. The van der Waals surface area contributed by atoms with Gasteiger partial charge in [0.25, 0.3) is 5.78 Å². The van der Waals surface area contributed by atoms with Crippen LogP contribution in [0.5, 0.6) is 17.2 Å². The second-order valence-electron chi connectivity index (χ2n) is 10.9. The van der Waals surface area contributed by atoms with E-state index in [0.29, 0.717) is 40.7 Å². The molecule has 248 valence electrons. The molecule has 5 rings (SSSR count). The number of carbonyl (C=O) groups is 3. The number of aryl methyl sites for hydroxylation is 1. The maximum atomic E-state index is 13.8. The van der Waals surface area contributed by atoms with E-state index in [9.17, 15) is 19.5 Å². The number of amides is 1. The predicted molar refractivity (Wildman–Crippen MR) is 183 cm³/mol. The van der Waals surface area contributed by atoms with Gasteiger partial charge in [-0.05, 0) is 48.7 Å². The van der Waals surface area contributed by atoms with Crippen LogP contribution in [0.15, 0.2) is 91.0 Å². The van der Waals surface area contributed by atoms with Crippen LogP contribution in [0, 0.1) is 6.92 Å². The first-order valence-electron chi connectivity index (χ1n) is 15.4. The number of Topliss-reactive ketones (excluding diaryl/α,β-unsaturated/α-hetero) is 1. The number of nitrogens with zero attached hydrogens (tertiary/aromatic N) is 2. The zero-order valence-electron chi connectivity index (χ0n) is 26.9. The van der Waals surface area contributed by atoms with Crippen LogP contribution in [0.3, 0.4) is 0 Å². The van der Waals surface area contributed by atoms with E-state index < -0.39 is 23.7 Å². The lowest BCUT2D eigenvalue weighted by Crippen LogP contribution is -2.29. The van der Waals surface area contributed by atoms with Crippen molar-refractivity contribution in [2.75, 3.05) is 25.2 Å². The number of aromatic nitrogens is 1. The van der Waals surface area contributed by atoms with Crippen LogP contribution in [0.25, 0.3) is 5.76 Å². The summed E-state index contributed by atoms with van der Waals surface area (Å²) in [5, 5.41) is 11.8. The molecule has 10 nitrogen and oxygen atoms in total. The van der Waals surface area contributed by atoms with Gasteiger partial charge in [-0.15, -0.1) is 0 Å². The van der Waals surface area contributed by atoms with E-state index >= 15 is 0 Å². The first kappa shape index (κ1) is 33.9. The molecule has 1 aliphatic rings. The van der Waals surface area contributed by atoms with Crippen molar-refractivity contribution in [3.8, 4) is 17.2 Å². The van der Waals surface area contributed by atoms with Crippen LogP contribution < -0.4 is 19.1 Å². The summed E-state index contributed by atoms with van der Waals surface area (Å²) in [6.07, 6.45) is 3.25. The van der Waals surface area contributed by atoms with Crippen LogP contribution in [0.2, 0.25) is 0 Å². The quantitative estimate of drug-likeness (QED) is 0.0371. The van der Waals surface area contributed by atoms with Gasteiger partial charge in [-0.1, -0.05) is 85.9 Å². The number of benzene rings is 3. The summed E-state index contributed by atoms with van der Waals surface area (Å²) in [4.78, 5) is 46.2. The van der Waals surface area contributed by atoms with Crippen molar-refractivity contribution < 1.29 is 38.4 Å². The molecular weight excluding hydrogens is 632 g/mol. The minimum absolute atomic E-state index is 0.00424. The van der Waals surface area contributed by atoms with Crippen molar-refractivity contribution in [2.24, 2.45) is 0 Å². The number of hydrogen-bond acceptors (Lipinski definition) is 10. The van der Waals surface area contributed by atoms with Gasteiger partial charge in [0.1, 0.15) is 29.6 Å². The fraction of sp³-hybridized carbons (Fsp3) is 0.243. The minimum atomic E-state index is -1.13. The summed E-state index contributed by atoms with van der Waals surface area (Å²) >= 11 is 0.914. The molecule has 1 aromatic heterocycles. The van der Waals surface area contributed by atoms with Crippen molar-refractivity contribution in [2.45, 2.75) is 39.3 Å². The van der Waals surface area contributed by atoms with Gasteiger partial charge in [-0.25, -0.2) is 9.78 Å². The Morgan fingerprint density at radius 1 is 1.04 bits per heavy atom. The number of methoxy groups -OCH3 is 1. The summed E-state index contributed by atoms with van der Waals surface area (Å²) < 4.78 is 22.8. The topological polar surface area (TPSA) is 124 Å². The van der Waals surface area contributed by atoms with Crippen molar-refractivity contribution in [3.63, 3.8) is 0 Å². The van der Waals surface area contributed by atoms with Crippen molar-refractivity contribution >= 4 is 39.9 Å². The lowest BCUT2D eigenvalue weighted by Gasteiger charge is -2.24. The molecule has 2 heterocycles. The third-order valence-electron chi connectivity index (χ3n) is 7.57. The average Bonchev–Trinajstić information content (AvgIpc) is 3.62. The first-order valence-corrected chi connectivity index (χ1v) is 16.2. The Morgan fingerprint density at radius 2 is 1.83 bits per heavy atom. The van der Waals surface area contributed by atoms with E-state index in [-0.39, 0.29) is 34.6 Å². The Labute approximate surface area is 282 Å². The van der Waals surface area contributed by atoms with E-state index in [0.717, 1.165) is 29.7 Å². The van der Waals surface area contributed by atoms with Crippen molar-refractivity contribution in [1.82, 2.24) is 4.98 Å². The highest BCUT2D eigenvalue weighted by atomic mass is 32.1. The third-order valence-corrected chi connectivity index (χ3v) is 8.70. The van der Waals surface area contributed by atoms with Crippen molar-refractivity contribution in [3.05, 3.63) is 118 Å². The SMILES string of the molecule is C=CCOC(=O)c1sc(N2C(=O)C(=O)C(=C(O)c3cccc(OCCCC)c3)C2c2ccc(OCc3ccccc3)c(OC)c2)nc1C. The Morgan fingerprint density at radius 3 is 2.56 bits per heavy atom. The van der Waals surface area contributed by atoms with Gasteiger partial charge < -0.3 is 24.1 Å². The summed E-state index contributed by atoms with van der Waals surface area (Å²) in [6.45, 7) is 8.00. The number of esters is 1. The molecule has 11 heteroatoms. The summed E-state index contributed by atoms with van der Waals surface area (Å²) in [5.74, 6) is -1.55. The Balaban J connectivity index is 1.61. The summed E-state index contributed by atoms with van der Waals surface area (Å²) in [5.41, 5.74) is 1.86. The van der Waals surface area contributed by atoms with E-state index in [1.807, 2.05) is 30.3 Å². The third kappa shape index (κ3) is 7.26. The second kappa shape index (κ2) is 15.4. The normalized spacial score (nSPS) is 15.3. The monoisotopic (exact) mass is 668 g/mol. The number of ether oxygens (including phenoxy) is 4. The van der Waals surface area contributed by atoms with Gasteiger partial charge in [0.15, 0.2) is 16.6 Å². The highest BCUT2D eigenvalue weighted by Gasteiger charge is 2.48. The van der Waals surface area contributed by atoms with E-state index in [2.05, 4.69) is 18.5 Å². The molecule has 1 unspecified atom stereocenters. The van der Waals surface area contributed by atoms with Gasteiger partial charge >= 0.3 is 11.9 Å². The van der Waals surface area contributed by atoms with Crippen LogP contribution in [-0.4, -0.2) is 48.1 Å². The van der Waals surface area contributed by atoms with Gasteiger partial charge in [0.2, 0.25) is 0 Å². The second-order valence-corrected chi connectivity index (χ2v) is 11.9. The molecule has 0 aliphatic carbocycles. The average molecular weight is 669 g/mol. The smallest absolute Gasteiger partial charge is 0.350 e. The standard InChI is InChI=1S/C37H36N2O8S/c1-5-7-19-45-27-15-11-14-26(20-27)32(40)30-31(25-16-17-28(29(21-25)44-4)47-22-24-12-9-8-10-13-24)39(35(42)33(30)41)37-38-23(3)34(48-37)36(43)46-18-6-2/h6,8-17,20-21,31,40H,2,5,7,18-19,22H2,1,3-4H3. The molecular formula is C37H36N2O8S. The number of thiazole rings is 1. The van der Waals surface area contributed by atoms with E-state index in [1.54, 1.807) is 49.4 Å². The number of anilines is 1. The van der Waals surface area contributed by atoms with Crippen molar-refractivity contribution in [1.29, 1.82) is 0 Å². The van der Waals surface area contributed by atoms with Crippen LogP contribution in [0.4, 0.5) is 5.13 Å². The maximum absolute atomic E-state index is 13.8. The molecule has 0 radical (unpaired) electrons. The molecule has 1 fully saturated rings. The number of aliphatic hydroxyl groups excluding tert-OH is 1. The Kier molecular flexibility index (Phi) is 10.9. The highest BCUT2D eigenvalue weighted by molar-refractivity contribution is 7.17. The maximum Gasteiger partial charge on any atom is 0.350 e. The molecule has 0 spiro atoms. The molecule has 3 aromatic carbocycles.